The largest absolute Gasteiger partial charge is 0.330 e. The van der Waals surface area contributed by atoms with Gasteiger partial charge in [-0.2, -0.15) is 0 Å². The lowest BCUT2D eigenvalue weighted by molar-refractivity contribution is 0.0733. The Hall–Kier alpha value is -1.68. The molecule has 4 heteroatoms. The fraction of sp³-hybridized carbons (Fsp3) is 0.250. The first-order chi connectivity index (χ1) is 9.75. The van der Waals surface area contributed by atoms with Gasteiger partial charge in [0.15, 0.2) is 0 Å². The Morgan fingerprint density at radius 1 is 1.25 bits per heavy atom. The summed E-state index contributed by atoms with van der Waals surface area (Å²) in [6.45, 7) is 0.798. The minimum Gasteiger partial charge on any atom is -0.330 e. The summed E-state index contributed by atoms with van der Waals surface area (Å²) < 4.78 is 0.928. The number of pyridine rings is 1. The SMILES string of the molecule is O=C(c1cccc(Br)c1)N1CCCC1c1ccccn1. The van der Waals surface area contributed by atoms with E-state index in [0.29, 0.717) is 0 Å². The van der Waals surface area contributed by atoms with Gasteiger partial charge in [0.05, 0.1) is 11.7 Å². The van der Waals surface area contributed by atoms with Crippen LogP contribution in [0, 0.1) is 0 Å². The van der Waals surface area contributed by atoms with Gasteiger partial charge in [-0.3, -0.25) is 9.78 Å². The highest BCUT2D eigenvalue weighted by atomic mass is 79.9. The Kier molecular flexibility index (Phi) is 3.83. The molecule has 102 valence electrons. The molecule has 1 aliphatic rings. The van der Waals surface area contributed by atoms with Gasteiger partial charge in [-0.15, -0.1) is 0 Å². The van der Waals surface area contributed by atoms with E-state index in [1.165, 1.54) is 0 Å². The Morgan fingerprint density at radius 3 is 2.90 bits per heavy atom. The molecule has 0 N–H and O–H groups in total. The molecule has 1 unspecified atom stereocenters. The number of hydrogen-bond donors (Lipinski definition) is 0. The maximum absolute atomic E-state index is 12.7. The minimum atomic E-state index is 0.0828. The Balaban J connectivity index is 1.87. The fourth-order valence-corrected chi connectivity index (χ4v) is 3.08. The van der Waals surface area contributed by atoms with Gasteiger partial charge in [-0.05, 0) is 43.2 Å². The molecule has 0 radical (unpaired) electrons. The third kappa shape index (κ3) is 2.61. The standard InChI is InChI=1S/C16H15BrN2O/c17-13-6-3-5-12(11-13)16(20)19-10-4-8-15(19)14-7-1-2-9-18-14/h1-3,5-7,9,11,15H,4,8,10H2. The van der Waals surface area contributed by atoms with Crippen LogP contribution in [0.25, 0.3) is 0 Å². The summed E-state index contributed by atoms with van der Waals surface area (Å²) >= 11 is 3.42. The van der Waals surface area contributed by atoms with Gasteiger partial charge in [0.25, 0.3) is 5.91 Å². The van der Waals surface area contributed by atoms with Crippen molar-refractivity contribution in [3.8, 4) is 0 Å². The van der Waals surface area contributed by atoms with Crippen LogP contribution in [0.2, 0.25) is 0 Å². The van der Waals surface area contributed by atoms with Crippen molar-refractivity contribution in [1.29, 1.82) is 0 Å². The maximum Gasteiger partial charge on any atom is 0.254 e. The molecule has 0 aliphatic carbocycles. The van der Waals surface area contributed by atoms with Crippen LogP contribution >= 0.6 is 15.9 Å². The van der Waals surface area contributed by atoms with Gasteiger partial charge < -0.3 is 4.90 Å². The molecule has 0 bridgehead atoms. The molecule has 2 aromatic rings. The van der Waals surface area contributed by atoms with Gasteiger partial charge in [0.1, 0.15) is 0 Å². The quantitative estimate of drug-likeness (QED) is 0.838. The van der Waals surface area contributed by atoms with E-state index in [0.717, 1.165) is 35.1 Å². The molecule has 1 fully saturated rings. The zero-order valence-electron chi connectivity index (χ0n) is 11.0. The zero-order valence-corrected chi connectivity index (χ0v) is 12.6. The van der Waals surface area contributed by atoms with Crippen LogP contribution in [0.15, 0.2) is 53.1 Å². The zero-order chi connectivity index (χ0) is 13.9. The number of rotatable bonds is 2. The maximum atomic E-state index is 12.7. The number of halogens is 1. The van der Waals surface area contributed by atoms with Crippen molar-refractivity contribution in [3.05, 3.63) is 64.4 Å². The second-order valence-corrected chi connectivity index (χ2v) is 5.84. The molecule has 1 atom stereocenters. The molecule has 1 aromatic heterocycles. The average molecular weight is 331 g/mol. The smallest absolute Gasteiger partial charge is 0.254 e. The summed E-state index contributed by atoms with van der Waals surface area (Å²) in [5.74, 6) is 0.0828. The number of amides is 1. The molecule has 0 saturated carbocycles. The van der Waals surface area contributed by atoms with E-state index in [2.05, 4.69) is 20.9 Å². The topological polar surface area (TPSA) is 33.2 Å². The molecule has 3 rings (SSSR count). The molecule has 1 aromatic carbocycles. The lowest BCUT2D eigenvalue weighted by atomic mass is 10.1. The van der Waals surface area contributed by atoms with Crippen LogP contribution in [0.1, 0.15) is 34.9 Å². The summed E-state index contributed by atoms with van der Waals surface area (Å²) in [5, 5.41) is 0. The van der Waals surface area contributed by atoms with Gasteiger partial charge in [-0.1, -0.05) is 28.1 Å². The summed E-state index contributed by atoms with van der Waals surface area (Å²) in [6, 6.07) is 13.5. The van der Waals surface area contributed by atoms with E-state index in [-0.39, 0.29) is 11.9 Å². The molecule has 0 spiro atoms. The van der Waals surface area contributed by atoms with E-state index in [1.54, 1.807) is 6.20 Å². The normalized spacial score (nSPS) is 18.2. The number of carbonyl (C=O) groups excluding carboxylic acids is 1. The van der Waals surface area contributed by atoms with E-state index in [1.807, 2.05) is 47.4 Å². The first-order valence-electron chi connectivity index (χ1n) is 6.73. The predicted molar refractivity (Wildman–Crippen MR) is 81.4 cm³/mol. The van der Waals surface area contributed by atoms with Crippen molar-refractivity contribution in [2.75, 3.05) is 6.54 Å². The molecule has 1 aliphatic heterocycles. The van der Waals surface area contributed by atoms with Crippen molar-refractivity contribution in [3.63, 3.8) is 0 Å². The Morgan fingerprint density at radius 2 is 2.15 bits per heavy atom. The highest BCUT2D eigenvalue weighted by Gasteiger charge is 2.31. The van der Waals surface area contributed by atoms with Crippen molar-refractivity contribution >= 4 is 21.8 Å². The Labute approximate surface area is 126 Å². The van der Waals surface area contributed by atoms with Gasteiger partial charge in [-0.25, -0.2) is 0 Å². The van der Waals surface area contributed by atoms with Crippen LogP contribution < -0.4 is 0 Å². The highest BCUT2D eigenvalue weighted by molar-refractivity contribution is 9.10. The molecule has 1 saturated heterocycles. The minimum absolute atomic E-state index is 0.0828. The van der Waals surface area contributed by atoms with Gasteiger partial charge >= 0.3 is 0 Å². The number of likely N-dealkylation sites (tertiary alicyclic amines) is 1. The highest BCUT2D eigenvalue weighted by Crippen LogP contribution is 2.32. The summed E-state index contributed by atoms with van der Waals surface area (Å²) in [5.41, 5.74) is 1.70. The average Bonchev–Trinajstić information content (AvgIpc) is 2.97. The molecule has 2 heterocycles. The monoisotopic (exact) mass is 330 g/mol. The van der Waals surface area contributed by atoms with Crippen LogP contribution in [0.3, 0.4) is 0 Å². The van der Waals surface area contributed by atoms with Crippen LogP contribution in [-0.2, 0) is 0 Å². The number of aromatic nitrogens is 1. The summed E-state index contributed by atoms with van der Waals surface area (Å²) in [6.07, 6.45) is 3.80. The second kappa shape index (κ2) is 5.75. The fourth-order valence-electron chi connectivity index (χ4n) is 2.68. The predicted octanol–water partition coefficient (Wildman–Crippen LogP) is 3.82. The van der Waals surface area contributed by atoms with E-state index in [4.69, 9.17) is 0 Å². The second-order valence-electron chi connectivity index (χ2n) is 4.92. The summed E-state index contributed by atoms with van der Waals surface area (Å²) in [7, 11) is 0. The van der Waals surface area contributed by atoms with Crippen molar-refractivity contribution in [1.82, 2.24) is 9.88 Å². The van der Waals surface area contributed by atoms with Crippen LogP contribution in [-0.4, -0.2) is 22.3 Å². The Bertz CT molecular complexity index is 615. The number of nitrogens with zero attached hydrogens (tertiary/aromatic N) is 2. The molecule has 20 heavy (non-hydrogen) atoms. The number of carbonyl (C=O) groups is 1. The third-order valence-corrected chi connectivity index (χ3v) is 4.11. The van der Waals surface area contributed by atoms with E-state index >= 15 is 0 Å². The molecular weight excluding hydrogens is 316 g/mol. The first kappa shape index (κ1) is 13.3. The third-order valence-electron chi connectivity index (χ3n) is 3.61. The van der Waals surface area contributed by atoms with Crippen molar-refractivity contribution in [2.24, 2.45) is 0 Å². The lowest BCUT2D eigenvalue weighted by Crippen LogP contribution is -2.30. The van der Waals surface area contributed by atoms with E-state index in [9.17, 15) is 4.79 Å². The van der Waals surface area contributed by atoms with Crippen molar-refractivity contribution in [2.45, 2.75) is 18.9 Å². The van der Waals surface area contributed by atoms with Crippen LogP contribution in [0.5, 0.6) is 0 Å². The number of hydrogen-bond acceptors (Lipinski definition) is 2. The summed E-state index contributed by atoms with van der Waals surface area (Å²) in [4.78, 5) is 19.0. The van der Waals surface area contributed by atoms with E-state index < -0.39 is 0 Å². The molecule has 3 nitrogen and oxygen atoms in total. The van der Waals surface area contributed by atoms with Gasteiger partial charge in [0, 0.05) is 22.8 Å². The lowest BCUT2D eigenvalue weighted by Gasteiger charge is -2.24. The molecular formula is C16H15BrN2O. The number of benzene rings is 1. The first-order valence-corrected chi connectivity index (χ1v) is 7.52. The molecule has 1 amide bonds. The van der Waals surface area contributed by atoms with Crippen LogP contribution in [0.4, 0.5) is 0 Å². The van der Waals surface area contributed by atoms with Gasteiger partial charge in [0.2, 0.25) is 0 Å². The van der Waals surface area contributed by atoms with Crippen molar-refractivity contribution < 1.29 is 4.79 Å².